The van der Waals surface area contributed by atoms with Crippen LogP contribution in [-0.4, -0.2) is 4.98 Å². The summed E-state index contributed by atoms with van der Waals surface area (Å²) in [6, 6.07) is 4.02. The Kier molecular flexibility index (Phi) is 2.29. The SMILES string of the molecule is CC(C)(C)c1ncccc1P. The summed E-state index contributed by atoms with van der Waals surface area (Å²) in [5.41, 5.74) is 1.31. The van der Waals surface area contributed by atoms with Gasteiger partial charge in [0.15, 0.2) is 0 Å². The fourth-order valence-corrected chi connectivity index (χ4v) is 1.66. The minimum absolute atomic E-state index is 0.151. The Hall–Kier alpha value is -0.420. The monoisotopic (exact) mass is 167 g/mol. The molecule has 0 N–H and O–H groups in total. The second-order valence-electron chi connectivity index (χ2n) is 3.69. The Morgan fingerprint density at radius 2 is 2.00 bits per heavy atom. The Morgan fingerprint density at radius 1 is 1.36 bits per heavy atom. The lowest BCUT2D eigenvalue weighted by Crippen LogP contribution is -2.20. The van der Waals surface area contributed by atoms with Gasteiger partial charge in [0.1, 0.15) is 0 Å². The molecule has 0 aliphatic carbocycles. The van der Waals surface area contributed by atoms with E-state index in [1.54, 1.807) is 0 Å². The number of nitrogens with zero attached hydrogens (tertiary/aromatic N) is 1. The van der Waals surface area contributed by atoms with Gasteiger partial charge in [0.05, 0.1) is 5.69 Å². The van der Waals surface area contributed by atoms with Crippen LogP contribution in [0.3, 0.4) is 0 Å². The smallest absolute Gasteiger partial charge is 0.0528 e. The van der Waals surface area contributed by atoms with Crippen LogP contribution in [0.1, 0.15) is 26.5 Å². The van der Waals surface area contributed by atoms with Gasteiger partial charge in [0.25, 0.3) is 0 Å². The molecule has 11 heavy (non-hydrogen) atoms. The van der Waals surface area contributed by atoms with Crippen molar-refractivity contribution >= 4 is 14.5 Å². The van der Waals surface area contributed by atoms with Crippen LogP contribution in [-0.2, 0) is 5.41 Å². The first-order chi connectivity index (χ1) is 5.02. The Balaban J connectivity index is 3.14. The molecular formula is C9H14NP. The molecule has 0 radical (unpaired) electrons. The van der Waals surface area contributed by atoms with Crippen LogP contribution in [0.25, 0.3) is 0 Å². The first-order valence-electron chi connectivity index (χ1n) is 3.73. The summed E-state index contributed by atoms with van der Waals surface area (Å²) >= 11 is 0. The molecule has 0 bridgehead atoms. The molecule has 0 aliphatic rings. The van der Waals surface area contributed by atoms with Gasteiger partial charge < -0.3 is 0 Å². The van der Waals surface area contributed by atoms with Gasteiger partial charge in [0.2, 0.25) is 0 Å². The summed E-state index contributed by atoms with van der Waals surface area (Å²) in [6.07, 6.45) is 1.84. The lowest BCUT2D eigenvalue weighted by molar-refractivity contribution is 0.573. The van der Waals surface area contributed by atoms with Crippen molar-refractivity contribution in [2.75, 3.05) is 0 Å². The number of pyridine rings is 1. The maximum absolute atomic E-state index is 4.33. The summed E-state index contributed by atoms with van der Waals surface area (Å²) in [4.78, 5) is 4.33. The third kappa shape index (κ3) is 2.00. The summed E-state index contributed by atoms with van der Waals surface area (Å²) in [6.45, 7) is 6.51. The molecular weight excluding hydrogens is 153 g/mol. The van der Waals surface area contributed by atoms with Crippen molar-refractivity contribution in [2.45, 2.75) is 26.2 Å². The molecule has 1 aromatic rings. The summed E-state index contributed by atoms with van der Waals surface area (Å²) in [7, 11) is 2.71. The molecule has 2 heteroatoms. The molecule has 0 aromatic carbocycles. The zero-order valence-corrected chi connectivity index (χ0v) is 8.41. The maximum atomic E-state index is 4.33. The van der Waals surface area contributed by atoms with Crippen LogP contribution >= 0.6 is 9.24 Å². The highest BCUT2D eigenvalue weighted by Crippen LogP contribution is 2.18. The van der Waals surface area contributed by atoms with Gasteiger partial charge in [-0.05, 0) is 11.4 Å². The highest BCUT2D eigenvalue weighted by molar-refractivity contribution is 7.27. The highest BCUT2D eigenvalue weighted by atomic mass is 31.0. The minimum atomic E-state index is 0.151. The number of aromatic nitrogens is 1. The van der Waals surface area contributed by atoms with Crippen LogP contribution in [0.15, 0.2) is 18.3 Å². The van der Waals surface area contributed by atoms with Gasteiger partial charge in [-0.2, -0.15) is 0 Å². The van der Waals surface area contributed by atoms with Gasteiger partial charge >= 0.3 is 0 Å². The molecule has 1 unspecified atom stereocenters. The van der Waals surface area contributed by atoms with Gasteiger partial charge in [-0.15, -0.1) is 9.24 Å². The van der Waals surface area contributed by atoms with Crippen LogP contribution in [0.5, 0.6) is 0 Å². The van der Waals surface area contributed by atoms with Crippen molar-refractivity contribution in [3.8, 4) is 0 Å². The molecule has 1 atom stereocenters. The molecule has 60 valence electrons. The first-order valence-corrected chi connectivity index (χ1v) is 4.30. The third-order valence-electron chi connectivity index (χ3n) is 1.55. The van der Waals surface area contributed by atoms with E-state index in [0.717, 1.165) is 5.69 Å². The number of rotatable bonds is 0. The topological polar surface area (TPSA) is 12.9 Å². The average molecular weight is 167 g/mol. The predicted octanol–water partition coefficient (Wildman–Crippen LogP) is 1.88. The van der Waals surface area contributed by atoms with Gasteiger partial charge in [-0.1, -0.05) is 26.8 Å². The van der Waals surface area contributed by atoms with Crippen LogP contribution in [0.4, 0.5) is 0 Å². The van der Waals surface area contributed by atoms with E-state index in [2.05, 4.69) is 41.1 Å². The van der Waals surface area contributed by atoms with E-state index < -0.39 is 0 Å². The van der Waals surface area contributed by atoms with Crippen molar-refractivity contribution in [2.24, 2.45) is 0 Å². The normalized spacial score (nSPS) is 11.6. The summed E-state index contributed by atoms with van der Waals surface area (Å²) in [5, 5.41) is 1.19. The van der Waals surface area contributed by atoms with E-state index >= 15 is 0 Å². The van der Waals surface area contributed by atoms with Crippen LogP contribution < -0.4 is 5.30 Å². The molecule has 0 amide bonds. The van der Waals surface area contributed by atoms with Crippen molar-refractivity contribution < 1.29 is 0 Å². The van der Waals surface area contributed by atoms with Gasteiger partial charge in [0, 0.05) is 11.6 Å². The highest BCUT2D eigenvalue weighted by Gasteiger charge is 2.16. The average Bonchev–Trinajstić information content (AvgIpc) is 1.86. The molecule has 0 spiro atoms. The minimum Gasteiger partial charge on any atom is -0.260 e. The zero-order chi connectivity index (χ0) is 8.48. The van der Waals surface area contributed by atoms with E-state index in [4.69, 9.17) is 0 Å². The largest absolute Gasteiger partial charge is 0.260 e. The molecule has 1 nitrogen and oxygen atoms in total. The fraction of sp³-hybridized carbons (Fsp3) is 0.444. The second kappa shape index (κ2) is 2.91. The zero-order valence-electron chi connectivity index (χ0n) is 7.26. The van der Waals surface area contributed by atoms with E-state index in [1.165, 1.54) is 5.30 Å². The van der Waals surface area contributed by atoms with E-state index in [1.807, 2.05) is 12.3 Å². The quantitative estimate of drug-likeness (QED) is 0.537. The van der Waals surface area contributed by atoms with E-state index in [0.29, 0.717) is 0 Å². The Morgan fingerprint density at radius 3 is 2.36 bits per heavy atom. The van der Waals surface area contributed by atoms with Gasteiger partial charge in [-0.3, -0.25) is 4.98 Å². The Bertz CT molecular complexity index is 250. The lowest BCUT2D eigenvalue weighted by atomic mass is 9.92. The van der Waals surface area contributed by atoms with Gasteiger partial charge in [-0.25, -0.2) is 0 Å². The van der Waals surface area contributed by atoms with Crippen molar-refractivity contribution in [3.63, 3.8) is 0 Å². The van der Waals surface area contributed by atoms with E-state index in [-0.39, 0.29) is 5.41 Å². The Labute approximate surface area is 70.4 Å². The molecule has 1 rings (SSSR count). The van der Waals surface area contributed by atoms with Crippen molar-refractivity contribution in [3.05, 3.63) is 24.0 Å². The molecule has 1 heterocycles. The molecule has 0 saturated carbocycles. The molecule has 0 fully saturated rings. The van der Waals surface area contributed by atoms with Crippen LogP contribution in [0, 0.1) is 0 Å². The molecule has 0 saturated heterocycles. The summed E-state index contributed by atoms with van der Waals surface area (Å²) < 4.78 is 0. The third-order valence-corrected chi connectivity index (χ3v) is 2.02. The summed E-state index contributed by atoms with van der Waals surface area (Å²) in [5.74, 6) is 0. The molecule has 0 aliphatic heterocycles. The standard InChI is InChI=1S/C9H14NP/c1-9(2,3)8-7(11)5-4-6-10-8/h4-6H,11H2,1-3H3. The number of hydrogen-bond donors (Lipinski definition) is 0. The van der Waals surface area contributed by atoms with E-state index in [9.17, 15) is 0 Å². The first kappa shape index (κ1) is 8.67. The van der Waals surface area contributed by atoms with Crippen molar-refractivity contribution in [1.29, 1.82) is 0 Å². The maximum Gasteiger partial charge on any atom is 0.0528 e. The second-order valence-corrected chi connectivity index (χ2v) is 4.31. The fourth-order valence-electron chi connectivity index (χ4n) is 1.04. The lowest BCUT2D eigenvalue weighted by Gasteiger charge is -2.19. The molecule has 1 aromatic heterocycles. The van der Waals surface area contributed by atoms with Crippen molar-refractivity contribution in [1.82, 2.24) is 4.98 Å². The van der Waals surface area contributed by atoms with Crippen LogP contribution in [0.2, 0.25) is 0 Å². The predicted molar refractivity (Wildman–Crippen MR) is 52.3 cm³/mol. The number of hydrogen-bond acceptors (Lipinski definition) is 1.